The van der Waals surface area contributed by atoms with Crippen LogP contribution in [0, 0.1) is 0 Å². The van der Waals surface area contributed by atoms with E-state index in [1.165, 1.54) is 0 Å². The van der Waals surface area contributed by atoms with Crippen LogP contribution in [0.3, 0.4) is 0 Å². The molecule has 0 fully saturated rings. The molecule has 0 aromatic heterocycles. The van der Waals surface area contributed by atoms with Gasteiger partial charge in [-0.05, 0) is 0 Å². The van der Waals surface area contributed by atoms with Crippen molar-refractivity contribution in [2.24, 2.45) is 0 Å². The molecule has 0 rings (SSSR count). The minimum Gasteiger partial charge on any atom is -0.394 e. The van der Waals surface area contributed by atoms with Gasteiger partial charge in [0.15, 0.2) is 0 Å². The lowest BCUT2D eigenvalue weighted by molar-refractivity contribution is -0.119. The first-order chi connectivity index (χ1) is 10.7. The quantitative estimate of drug-likeness (QED) is 0.160. The smallest absolute Gasteiger partial charge is 0.111 e. The van der Waals surface area contributed by atoms with E-state index in [1.54, 1.807) is 0 Å². The molecule has 11 heteroatoms. The lowest BCUT2D eigenvalue weighted by atomic mass is 10.0. The number of aliphatic hydroxyl groups is 10. The monoisotopic (exact) mass is 345 g/mol. The highest BCUT2D eigenvalue weighted by atomic mass is 16.4. The van der Waals surface area contributed by atoms with Crippen molar-refractivity contribution in [1.29, 1.82) is 0 Å². The number of nitrogens with one attached hydrogen (secondary N) is 1. The van der Waals surface area contributed by atoms with Crippen LogP contribution in [0.15, 0.2) is 0 Å². The fourth-order valence-corrected chi connectivity index (χ4v) is 1.75. The van der Waals surface area contributed by atoms with Crippen LogP contribution >= 0.6 is 0 Å². The second-order valence-electron chi connectivity index (χ2n) is 5.26. The van der Waals surface area contributed by atoms with E-state index in [1.807, 2.05) is 0 Å². The van der Waals surface area contributed by atoms with E-state index in [4.69, 9.17) is 20.4 Å². The van der Waals surface area contributed by atoms with Gasteiger partial charge in [0, 0.05) is 13.1 Å². The van der Waals surface area contributed by atoms with E-state index < -0.39 is 62.0 Å². The molecule has 0 aliphatic heterocycles. The third-order valence-corrected chi connectivity index (χ3v) is 3.36. The van der Waals surface area contributed by atoms with Crippen molar-refractivity contribution < 1.29 is 51.1 Å². The fraction of sp³-hybridized carbons (Fsp3) is 1.00. The van der Waals surface area contributed by atoms with Gasteiger partial charge >= 0.3 is 0 Å². The molecule has 0 heterocycles. The molecule has 11 nitrogen and oxygen atoms in total. The Morgan fingerprint density at radius 1 is 0.478 bits per heavy atom. The minimum atomic E-state index is -1.78. The SMILES string of the molecule is OC[C@@H](O)[C@@H](O)[C@@H](O)[C@@H](O)CNC[C@@H](O)[C@@H](O)[C@H](O)[C@H](O)CO. The lowest BCUT2D eigenvalue weighted by Gasteiger charge is -2.28. The molecular weight excluding hydrogens is 318 g/mol. The van der Waals surface area contributed by atoms with Gasteiger partial charge in [-0.1, -0.05) is 0 Å². The standard InChI is InChI=1S/C12H27NO10/c14-3-7(18)11(22)9(20)5(16)1-13-2-6(17)10(21)12(23)8(19)4-15/h5-23H,1-4H2/t5-,6+,7-,8-,9-,10+,11-,12-/m1/s1. The topological polar surface area (TPSA) is 214 Å². The van der Waals surface area contributed by atoms with Crippen molar-refractivity contribution in [1.82, 2.24) is 5.32 Å². The van der Waals surface area contributed by atoms with Crippen molar-refractivity contribution in [2.75, 3.05) is 26.3 Å². The molecule has 23 heavy (non-hydrogen) atoms. The first-order valence-corrected chi connectivity index (χ1v) is 7.04. The van der Waals surface area contributed by atoms with Crippen LogP contribution in [-0.4, -0.2) is 126 Å². The molecule has 0 spiro atoms. The zero-order valence-electron chi connectivity index (χ0n) is 12.4. The molecule has 8 atom stereocenters. The number of hydrogen-bond donors (Lipinski definition) is 11. The summed E-state index contributed by atoms with van der Waals surface area (Å²) < 4.78 is 0. The highest BCUT2D eigenvalue weighted by Gasteiger charge is 2.31. The second-order valence-corrected chi connectivity index (χ2v) is 5.26. The average Bonchev–Trinajstić information content (AvgIpc) is 2.56. The summed E-state index contributed by atoms with van der Waals surface area (Å²) in [6, 6.07) is 0. The Morgan fingerprint density at radius 3 is 1.00 bits per heavy atom. The number of hydrogen-bond acceptors (Lipinski definition) is 11. The van der Waals surface area contributed by atoms with E-state index in [9.17, 15) is 30.6 Å². The summed E-state index contributed by atoms with van der Waals surface area (Å²) in [7, 11) is 0. The van der Waals surface area contributed by atoms with Crippen LogP contribution in [0.25, 0.3) is 0 Å². The van der Waals surface area contributed by atoms with Crippen LogP contribution in [0.4, 0.5) is 0 Å². The van der Waals surface area contributed by atoms with Crippen molar-refractivity contribution in [3.63, 3.8) is 0 Å². The zero-order valence-corrected chi connectivity index (χ0v) is 12.4. The van der Waals surface area contributed by atoms with Crippen LogP contribution in [-0.2, 0) is 0 Å². The molecule has 0 aliphatic rings. The van der Waals surface area contributed by atoms with Crippen LogP contribution in [0.5, 0.6) is 0 Å². The van der Waals surface area contributed by atoms with Gasteiger partial charge < -0.3 is 56.4 Å². The molecule has 0 radical (unpaired) electrons. The first kappa shape index (κ1) is 22.6. The average molecular weight is 345 g/mol. The Bertz CT molecular complexity index is 282. The van der Waals surface area contributed by atoms with Gasteiger partial charge in [0.1, 0.15) is 36.6 Å². The summed E-state index contributed by atoms with van der Waals surface area (Å²) in [5.74, 6) is 0. The third kappa shape index (κ3) is 7.32. The van der Waals surface area contributed by atoms with Crippen molar-refractivity contribution in [2.45, 2.75) is 48.8 Å². The predicted molar refractivity (Wildman–Crippen MR) is 75.1 cm³/mol. The second kappa shape index (κ2) is 11.2. The van der Waals surface area contributed by atoms with Gasteiger partial charge in [-0.15, -0.1) is 0 Å². The first-order valence-electron chi connectivity index (χ1n) is 7.04. The van der Waals surface area contributed by atoms with Gasteiger partial charge in [0.05, 0.1) is 25.4 Å². The summed E-state index contributed by atoms with van der Waals surface area (Å²) in [5.41, 5.74) is 0. The molecule has 0 saturated heterocycles. The molecular formula is C12H27NO10. The summed E-state index contributed by atoms with van der Waals surface area (Å²) in [6.07, 6.45) is -13.5. The van der Waals surface area contributed by atoms with Gasteiger partial charge in [-0.3, -0.25) is 0 Å². The molecule has 0 unspecified atom stereocenters. The number of aliphatic hydroxyl groups excluding tert-OH is 10. The summed E-state index contributed by atoms with van der Waals surface area (Å²) in [4.78, 5) is 0. The maximum absolute atomic E-state index is 9.59. The van der Waals surface area contributed by atoms with Crippen molar-refractivity contribution in [3.05, 3.63) is 0 Å². The van der Waals surface area contributed by atoms with E-state index >= 15 is 0 Å². The molecule has 11 N–H and O–H groups in total. The van der Waals surface area contributed by atoms with Crippen molar-refractivity contribution in [3.8, 4) is 0 Å². The van der Waals surface area contributed by atoms with E-state index in [0.29, 0.717) is 0 Å². The summed E-state index contributed by atoms with van der Waals surface area (Å²) in [5, 5.41) is 95.0. The Balaban J connectivity index is 4.22. The van der Waals surface area contributed by atoms with E-state index in [-0.39, 0.29) is 13.1 Å². The molecule has 140 valence electrons. The van der Waals surface area contributed by atoms with Crippen LogP contribution in [0.2, 0.25) is 0 Å². The molecule has 0 aliphatic carbocycles. The van der Waals surface area contributed by atoms with Gasteiger partial charge in [-0.2, -0.15) is 0 Å². The molecule has 0 saturated carbocycles. The van der Waals surface area contributed by atoms with Crippen LogP contribution < -0.4 is 5.32 Å². The maximum atomic E-state index is 9.59. The maximum Gasteiger partial charge on any atom is 0.111 e. The Hall–Kier alpha value is -0.440. The predicted octanol–water partition coefficient (Wildman–Crippen LogP) is -6.55. The summed E-state index contributed by atoms with van der Waals surface area (Å²) >= 11 is 0. The van der Waals surface area contributed by atoms with E-state index in [0.717, 1.165) is 0 Å². The Morgan fingerprint density at radius 2 is 0.739 bits per heavy atom. The molecule has 0 aromatic carbocycles. The van der Waals surface area contributed by atoms with Gasteiger partial charge in [0.25, 0.3) is 0 Å². The molecule has 0 aromatic rings. The molecule has 0 bridgehead atoms. The zero-order chi connectivity index (χ0) is 18.2. The highest BCUT2D eigenvalue weighted by Crippen LogP contribution is 2.06. The van der Waals surface area contributed by atoms with Crippen LogP contribution in [0.1, 0.15) is 0 Å². The normalized spacial score (nSPS) is 22.7. The largest absolute Gasteiger partial charge is 0.394 e. The summed E-state index contributed by atoms with van der Waals surface area (Å²) in [6.45, 7) is -2.32. The van der Waals surface area contributed by atoms with Gasteiger partial charge in [0.2, 0.25) is 0 Å². The fourth-order valence-electron chi connectivity index (χ4n) is 1.75. The van der Waals surface area contributed by atoms with Gasteiger partial charge in [-0.25, -0.2) is 0 Å². The Kier molecular flexibility index (Phi) is 11.0. The molecule has 0 amide bonds. The number of rotatable bonds is 12. The third-order valence-electron chi connectivity index (χ3n) is 3.36. The van der Waals surface area contributed by atoms with E-state index in [2.05, 4.69) is 5.32 Å². The Labute approximate surface area is 132 Å². The minimum absolute atomic E-state index is 0.348. The van der Waals surface area contributed by atoms with Crippen molar-refractivity contribution >= 4 is 0 Å². The lowest BCUT2D eigenvalue weighted by Crippen LogP contribution is -2.52. The highest BCUT2D eigenvalue weighted by molar-refractivity contribution is 4.84.